The van der Waals surface area contributed by atoms with Gasteiger partial charge in [0.2, 0.25) is 0 Å². The van der Waals surface area contributed by atoms with Crippen LogP contribution in [0, 0.1) is 0 Å². The second-order valence-electron chi connectivity index (χ2n) is 4.42. The summed E-state index contributed by atoms with van der Waals surface area (Å²) in [6.07, 6.45) is 7.61. The van der Waals surface area contributed by atoms with Crippen molar-refractivity contribution in [2.45, 2.75) is 58.0 Å². The van der Waals surface area contributed by atoms with Gasteiger partial charge in [-0.15, -0.1) is 0 Å². The van der Waals surface area contributed by atoms with E-state index in [-0.39, 0.29) is 5.60 Å². The molecule has 0 spiro atoms. The lowest BCUT2D eigenvalue weighted by Crippen LogP contribution is -2.49. The average Bonchev–Trinajstić information content (AvgIpc) is 2.25. The van der Waals surface area contributed by atoms with E-state index in [0.29, 0.717) is 0 Å². The first-order valence-electron chi connectivity index (χ1n) is 6.17. The highest BCUT2D eigenvalue weighted by atomic mass is 16.5. The van der Waals surface area contributed by atoms with Crippen molar-refractivity contribution in [1.82, 2.24) is 5.32 Å². The van der Waals surface area contributed by atoms with Crippen molar-refractivity contribution in [2.24, 2.45) is 0 Å². The standard InChI is InChI=1S/C12H25NO/c1-3-5-7-12(8-6-4-2)11-13-9-10-14-12/h13H,3-11H2,1-2H3. The molecule has 0 radical (unpaired) electrons. The molecule has 0 atom stereocenters. The number of unbranched alkanes of at least 4 members (excludes halogenated alkanes) is 2. The van der Waals surface area contributed by atoms with Crippen LogP contribution in [0.3, 0.4) is 0 Å². The predicted octanol–water partition coefficient (Wildman–Crippen LogP) is 2.73. The summed E-state index contributed by atoms with van der Waals surface area (Å²) < 4.78 is 6.01. The van der Waals surface area contributed by atoms with Gasteiger partial charge < -0.3 is 10.1 Å². The molecular weight excluding hydrogens is 174 g/mol. The molecule has 84 valence electrons. The van der Waals surface area contributed by atoms with Crippen molar-refractivity contribution in [2.75, 3.05) is 19.7 Å². The Labute approximate surface area is 88.4 Å². The minimum Gasteiger partial charge on any atom is -0.372 e. The molecule has 1 aliphatic heterocycles. The number of rotatable bonds is 6. The van der Waals surface area contributed by atoms with Crippen LogP contribution in [0.25, 0.3) is 0 Å². The van der Waals surface area contributed by atoms with Crippen molar-refractivity contribution >= 4 is 0 Å². The quantitative estimate of drug-likeness (QED) is 0.710. The van der Waals surface area contributed by atoms with Crippen molar-refractivity contribution in [3.63, 3.8) is 0 Å². The summed E-state index contributed by atoms with van der Waals surface area (Å²) in [5.41, 5.74) is 0.171. The highest BCUT2D eigenvalue weighted by molar-refractivity contribution is 4.86. The smallest absolute Gasteiger partial charge is 0.0806 e. The Morgan fingerprint density at radius 1 is 1.14 bits per heavy atom. The molecule has 0 unspecified atom stereocenters. The summed E-state index contributed by atoms with van der Waals surface area (Å²) in [5, 5.41) is 3.47. The third kappa shape index (κ3) is 3.58. The molecule has 1 N–H and O–H groups in total. The Hall–Kier alpha value is -0.0800. The zero-order chi connectivity index (χ0) is 10.3. The van der Waals surface area contributed by atoms with E-state index in [0.717, 1.165) is 19.7 Å². The van der Waals surface area contributed by atoms with Gasteiger partial charge in [0.1, 0.15) is 0 Å². The highest BCUT2D eigenvalue weighted by Gasteiger charge is 2.31. The largest absolute Gasteiger partial charge is 0.372 e. The predicted molar refractivity (Wildman–Crippen MR) is 60.6 cm³/mol. The second kappa shape index (κ2) is 6.41. The van der Waals surface area contributed by atoms with E-state index in [2.05, 4.69) is 19.2 Å². The average molecular weight is 199 g/mol. The first kappa shape index (κ1) is 12.0. The highest BCUT2D eigenvalue weighted by Crippen LogP contribution is 2.26. The van der Waals surface area contributed by atoms with E-state index in [9.17, 15) is 0 Å². The van der Waals surface area contributed by atoms with Gasteiger partial charge in [-0.05, 0) is 12.8 Å². The van der Waals surface area contributed by atoms with E-state index < -0.39 is 0 Å². The zero-order valence-electron chi connectivity index (χ0n) is 9.77. The molecule has 1 heterocycles. The lowest BCUT2D eigenvalue weighted by Gasteiger charge is -2.38. The summed E-state index contributed by atoms with van der Waals surface area (Å²) in [5.74, 6) is 0. The van der Waals surface area contributed by atoms with Gasteiger partial charge in [-0.1, -0.05) is 39.5 Å². The molecule has 1 aliphatic rings. The van der Waals surface area contributed by atoms with E-state index >= 15 is 0 Å². The topological polar surface area (TPSA) is 21.3 Å². The fourth-order valence-electron chi connectivity index (χ4n) is 2.15. The molecule has 0 aromatic rings. The van der Waals surface area contributed by atoms with Crippen LogP contribution >= 0.6 is 0 Å². The normalized spacial score (nSPS) is 21.0. The summed E-state index contributed by atoms with van der Waals surface area (Å²) in [6.45, 7) is 7.49. The molecule has 0 saturated carbocycles. The number of hydrogen-bond donors (Lipinski definition) is 1. The minimum absolute atomic E-state index is 0.171. The van der Waals surface area contributed by atoms with Crippen LogP contribution < -0.4 is 5.32 Å². The maximum Gasteiger partial charge on any atom is 0.0806 e. The fourth-order valence-corrected chi connectivity index (χ4v) is 2.15. The summed E-state index contributed by atoms with van der Waals surface area (Å²) in [6, 6.07) is 0. The van der Waals surface area contributed by atoms with Gasteiger partial charge in [0.05, 0.1) is 12.2 Å². The van der Waals surface area contributed by atoms with Gasteiger partial charge in [-0.25, -0.2) is 0 Å². The molecule has 0 aromatic heterocycles. The Kier molecular flexibility index (Phi) is 5.49. The van der Waals surface area contributed by atoms with E-state index in [1.807, 2.05) is 0 Å². The number of nitrogens with one attached hydrogen (secondary N) is 1. The van der Waals surface area contributed by atoms with Crippen molar-refractivity contribution in [1.29, 1.82) is 0 Å². The van der Waals surface area contributed by atoms with Gasteiger partial charge in [0, 0.05) is 13.1 Å². The van der Waals surface area contributed by atoms with Crippen LogP contribution in [-0.2, 0) is 4.74 Å². The fraction of sp³-hybridized carbons (Fsp3) is 1.00. The minimum atomic E-state index is 0.171. The molecule has 14 heavy (non-hydrogen) atoms. The number of morpholine rings is 1. The monoisotopic (exact) mass is 199 g/mol. The molecule has 0 aromatic carbocycles. The molecule has 1 rings (SSSR count). The SMILES string of the molecule is CCCCC1(CCCC)CNCCO1. The molecule has 0 amide bonds. The first-order valence-corrected chi connectivity index (χ1v) is 6.17. The van der Waals surface area contributed by atoms with Crippen LogP contribution in [0.2, 0.25) is 0 Å². The third-order valence-electron chi connectivity index (χ3n) is 3.11. The number of ether oxygens (including phenoxy) is 1. The van der Waals surface area contributed by atoms with Crippen LogP contribution in [0.4, 0.5) is 0 Å². The summed E-state index contributed by atoms with van der Waals surface area (Å²) >= 11 is 0. The van der Waals surface area contributed by atoms with Gasteiger partial charge in [-0.3, -0.25) is 0 Å². The number of hydrogen-bond acceptors (Lipinski definition) is 2. The van der Waals surface area contributed by atoms with Gasteiger partial charge in [0.25, 0.3) is 0 Å². The molecule has 1 saturated heterocycles. The van der Waals surface area contributed by atoms with E-state index in [1.165, 1.54) is 38.5 Å². The van der Waals surface area contributed by atoms with Crippen LogP contribution in [0.1, 0.15) is 52.4 Å². The lowest BCUT2D eigenvalue weighted by molar-refractivity contribution is -0.0787. The van der Waals surface area contributed by atoms with E-state index in [4.69, 9.17) is 4.74 Å². The van der Waals surface area contributed by atoms with Crippen molar-refractivity contribution < 1.29 is 4.74 Å². The molecule has 0 bridgehead atoms. The molecular formula is C12H25NO. The van der Waals surface area contributed by atoms with Gasteiger partial charge >= 0.3 is 0 Å². The zero-order valence-corrected chi connectivity index (χ0v) is 9.77. The van der Waals surface area contributed by atoms with Gasteiger partial charge in [0.15, 0.2) is 0 Å². The summed E-state index contributed by atoms with van der Waals surface area (Å²) in [4.78, 5) is 0. The Bertz CT molecular complexity index is 131. The second-order valence-corrected chi connectivity index (χ2v) is 4.42. The lowest BCUT2D eigenvalue weighted by atomic mass is 9.89. The third-order valence-corrected chi connectivity index (χ3v) is 3.11. The molecule has 2 nitrogen and oxygen atoms in total. The molecule has 1 fully saturated rings. The first-order chi connectivity index (χ1) is 6.83. The Morgan fingerprint density at radius 2 is 1.79 bits per heavy atom. The van der Waals surface area contributed by atoms with E-state index in [1.54, 1.807) is 0 Å². The summed E-state index contributed by atoms with van der Waals surface area (Å²) in [7, 11) is 0. The maximum absolute atomic E-state index is 6.01. The van der Waals surface area contributed by atoms with Crippen LogP contribution in [-0.4, -0.2) is 25.3 Å². The Balaban J connectivity index is 2.39. The van der Waals surface area contributed by atoms with Crippen LogP contribution in [0.5, 0.6) is 0 Å². The molecule has 2 heteroatoms. The van der Waals surface area contributed by atoms with Crippen molar-refractivity contribution in [3.8, 4) is 0 Å². The van der Waals surface area contributed by atoms with Gasteiger partial charge in [-0.2, -0.15) is 0 Å². The Morgan fingerprint density at radius 3 is 2.21 bits per heavy atom. The van der Waals surface area contributed by atoms with Crippen molar-refractivity contribution in [3.05, 3.63) is 0 Å². The molecule has 0 aliphatic carbocycles. The van der Waals surface area contributed by atoms with Crippen LogP contribution in [0.15, 0.2) is 0 Å². The maximum atomic E-state index is 6.01.